The topological polar surface area (TPSA) is 35.8 Å². The summed E-state index contributed by atoms with van der Waals surface area (Å²) in [7, 11) is 0. The van der Waals surface area contributed by atoms with E-state index >= 15 is 0 Å². The SMILES string of the molecule is N#Cc1ccc2c(c1)CCNC2c1ccc(F)cc1. The van der Waals surface area contributed by atoms with E-state index in [1.165, 1.54) is 23.3 Å². The molecule has 2 aromatic carbocycles. The number of nitrogens with one attached hydrogen (secondary N) is 1. The van der Waals surface area contributed by atoms with Gasteiger partial charge in [0, 0.05) is 6.54 Å². The highest BCUT2D eigenvalue weighted by atomic mass is 19.1. The van der Waals surface area contributed by atoms with Gasteiger partial charge in [0.25, 0.3) is 0 Å². The van der Waals surface area contributed by atoms with Crippen molar-refractivity contribution in [3.05, 3.63) is 70.5 Å². The molecule has 0 spiro atoms. The number of fused-ring (bicyclic) bond motifs is 1. The van der Waals surface area contributed by atoms with Crippen molar-refractivity contribution in [3.63, 3.8) is 0 Å². The van der Waals surface area contributed by atoms with E-state index in [9.17, 15) is 4.39 Å². The minimum absolute atomic E-state index is 0.0806. The van der Waals surface area contributed by atoms with Crippen LogP contribution in [-0.4, -0.2) is 6.54 Å². The highest BCUT2D eigenvalue weighted by Gasteiger charge is 2.21. The second-order valence-corrected chi connectivity index (χ2v) is 4.71. The molecule has 94 valence electrons. The first kappa shape index (κ1) is 11.9. The monoisotopic (exact) mass is 252 g/mol. The molecule has 1 atom stereocenters. The summed E-state index contributed by atoms with van der Waals surface area (Å²) in [5.41, 5.74) is 4.12. The molecule has 2 aromatic rings. The molecule has 3 heteroatoms. The Kier molecular flexibility index (Phi) is 3.02. The van der Waals surface area contributed by atoms with E-state index < -0.39 is 0 Å². The van der Waals surface area contributed by atoms with E-state index in [2.05, 4.69) is 11.4 Å². The van der Waals surface area contributed by atoms with Crippen LogP contribution in [0.25, 0.3) is 0 Å². The Balaban J connectivity index is 2.03. The Labute approximate surface area is 111 Å². The first-order chi connectivity index (χ1) is 9.28. The zero-order valence-corrected chi connectivity index (χ0v) is 10.4. The molecule has 0 aromatic heterocycles. The molecule has 0 saturated heterocycles. The van der Waals surface area contributed by atoms with Gasteiger partial charge in [0.1, 0.15) is 5.82 Å². The van der Waals surface area contributed by atoms with Crippen molar-refractivity contribution in [3.8, 4) is 6.07 Å². The molecule has 1 aliphatic rings. The van der Waals surface area contributed by atoms with Gasteiger partial charge in [-0.25, -0.2) is 4.39 Å². The lowest BCUT2D eigenvalue weighted by Crippen LogP contribution is -2.30. The lowest BCUT2D eigenvalue weighted by molar-refractivity contribution is 0.565. The van der Waals surface area contributed by atoms with Crippen LogP contribution in [0.1, 0.15) is 28.3 Å². The Morgan fingerprint density at radius 1 is 1.16 bits per heavy atom. The zero-order valence-electron chi connectivity index (χ0n) is 10.4. The largest absolute Gasteiger partial charge is 0.306 e. The molecule has 0 amide bonds. The minimum Gasteiger partial charge on any atom is -0.306 e. The third kappa shape index (κ3) is 2.23. The molecule has 0 bridgehead atoms. The van der Waals surface area contributed by atoms with Crippen LogP contribution < -0.4 is 5.32 Å². The standard InChI is InChI=1S/C16H13FN2/c17-14-4-2-12(3-5-14)16-15-6-1-11(10-18)9-13(15)7-8-19-16/h1-6,9,16,19H,7-8H2. The van der Waals surface area contributed by atoms with E-state index in [0.717, 1.165) is 18.5 Å². The number of hydrogen-bond acceptors (Lipinski definition) is 2. The Hall–Kier alpha value is -2.18. The summed E-state index contributed by atoms with van der Waals surface area (Å²) in [6.07, 6.45) is 0.919. The maximum atomic E-state index is 13.0. The number of nitrogens with zero attached hydrogens (tertiary/aromatic N) is 1. The summed E-state index contributed by atoms with van der Waals surface area (Å²) in [5.74, 6) is -0.223. The smallest absolute Gasteiger partial charge is 0.123 e. The van der Waals surface area contributed by atoms with Crippen molar-refractivity contribution in [1.82, 2.24) is 5.32 Å². The molecule has 3 rings (SSSR count). The summed E-state index contributed by atoms with van der Waals surface area (Å²) < 4.78 is 13.0. The predicted molar refractivity (Wildman–Crippen MR) is 71.1 cm³/mol. The number of benzene rings is 2. The highest BCUT2D eigenvalue weighted by Crippen LogP contribution is 2.29. The molecule has 0 fully saturated rings. The first-order valence-electron chi connectivity index (χ1n) is 6.30. The van der Waals surface area contributed by atoms with E-state index in [0.29, 0.717) is 5.56 Å². The fraction of sp³-hybridized carbons (Fsp3) is 0.188. The molecule has 0 aliphatic carbocycles. The molecule has 19 heavy (non-hydrogen) atoms. The van der Waals surface area contributed by atoms with Crippen LogP contribution >= 0.6 is 0 Å². The van der Waals surface area contributed by atoms with E-state index in [1.54, 1.807) is 12.1 Å². The normalized spacial score (nSPS) is 17.6. The molecule has 0 saturated carbocycles. The average molecular weight is 252 g/mol. The van der Waals surface area contributed by atoms with E-state index in [-0.39, 0.29) is 11.9 Å². The van der Waals surface area contributed by atoms with Gasteiger partial charge in [0.15, 0.2) is 0 Å². The van der Waals surface area contributed by atoms with Crippen molar-refractivity contribution in [2.24, 2.45) is 0 Å². The fourth-order valence-electron chi connectivity index (χ4n) is 2.59. The Morgan fingerprint density at radius 2 is 1.95 bits per heavy atom. The van der Waals surface area contributed by atoms with E-state index in [4.69, 9.17) is 5.26 Å². The third-order valence-corrected chi connectivity index (χ3v) is 3.53. The molecule has 1 unspecified atom stereocenters. The molecular weight excluding hydrogens is 239 g/mol. The zero-order chi connectivity index (χ0) is 13.2. The summed E-state index contributed by atoms with van der Waals surface area (Å²) in [5, 5.41) is 12.4. The Bertz CT molecular complexity index is 641. The van der Waals surface area contributed by atoms with Gasteiger partial charge in [0.05, 0.1) is 17.7 Å². The van der Waals surface area contributed by atoms with Crippen molar-refractivity contribution in [1.29, 1.82) is 5.26 Å². The van der Waals surface area contributed by atoms with E-state index in [1.807, 2.05) is 18.2 Å². The average Bonchev–Trinajstić information content (AvgIpc) is 2.47. The maximum absolute atomic E-state index is 13.0. The summed E-state index contributed by atoms with van der Waals surface area (Å²) in [6, 6.07) is 14.6. The van der Waals surface area contributed by atoms with Gasteiger partial charge >= 0.3 is 0 Å². The van der Waals surface area contributed by atoms with Crippen LogP contribution in [-0.2, 0) is 6.42 Å². The molecule has 1 aliphatic heterocycles. The quantitative estimate of drug-likeness (QED) is 0.847. The van der Waals surface area contributed by atoms with Crippen LogP contribution in [0.15, 0.2) is 42.5 Å². The number of hydrogen-bond donors (Lipinski definition) is 1. The van der Waals surface area contributed by atoms with Crippen LogP contribution in [0.2, 0.25) is 0 Å². The first-order valence-corrected chi connectivity index (χ1v) is 6.30. The minimum atomic E-state index is -0.223. The number of nitriles is 1. The molecular formula is C16H13FN2. The Morgan fingerprint density at radius 3 is 2.68 bits per heavy atom. The second-order valence-electron chi connectivity index (χ2n) is 4.71. The lowest BCUT2D eigenvalue weighted by atomic mass is 9.89. The van der Waals surface area contributed by atoms with Gasteiger partial charge in [-0.1, -0.05) is 18.2 Å². The van der Waals surface area contributed by atoms with Crippen molar-refractivity contribution < 1.29 is 4.39 Å². The fourth-order valence-corrected chi connectivity index (χ4v) is 2.59. The van der Waals surface area contributed by atoms with Crippen molar-refractivity contribution >= 4 is 0 Å². The highest BCUT2D eigenvalue weighted by molar-refractivity contribution is 5.44. The van der Waals surface area contributed by atoms with Crippen LogP contribution in [0.4, 0.5) is 4.39 Å². The number of rotatable bonds is 1. The summed E-state index contributed by atoms with van der Waals surface area (Å²) in [6.45, 7) is 0.865. The van der Waals surface area contributed by atoms with Crippen LogP contribution in [0.5, 0.6) is 0 Å². The second kappa shape index (κ2) is 4.83. The van der Waals surface area contributed by atoms with Gasteiger partial charge in [-0.3, -0.25) is 0 Å². The van der Waals surface area contributed by atoms with Crippen molar-refractivity contribution in [2.45, 2.75) is 12.5 Å². The predicted octanol–water partition coefficient (Wildman–Crippen LogP) is 2.93. The van der Waals surface area contributed by atoms with Gasteiger partial charge in [0.2, 0.25) is 0 Å². The molecule has 1 N–H and O–H groups in total. The van der Waals surface area contributed by atoms with Gasteiger partial charge in [-0.05, 0) is 47.4 Å². The van der Waals surface area contributed by atoms with Gasteiger partial charge < -0.3 is 5.32 Å². The molecule has 2 nitrogen and oxygen atoms in total. The van der Waals surface area contributed by atoms with Crippen LogP contribution in [0, 0.1) is 17.1 Å². The molecule has 1 heterocycles. The van der Waals surface area contributed by atoms with Gasteiger partial charge in [-0.2, -0.15) is 5.26 Å². The van der Waals surface area contributed by atoms with Crippen molar-refractivity contribution in [2.75, 3.05) is 6.54 Å². The molecule has 0 radical (unpaired) electrons. The lowest BCUT2D eigenvalue weighted by Gasteiger charge is -2.27. The van der Waals surface area contributed by atoms with Crippen LogP contribution in [0.3, 0.4) is 0 Å². The summed E-state index contributed by atoms with van der Waals surface area (Å²) in [4.78, 5) is 0. The third-order valence-electron chi connectivity index (χ3n) is 3.53. The summed E-state index contributed by atoms with van der Waals surface area (Å²) >= 11 is 0. The van der Waals surface area contributed by atoms with Gasteiger partial charge in [-0.15, -0.1) is 0 Å². The maximum Gasteiger partial charge on any atom is 0.123 e. The number of halogens is 1.